The average Bonchev–Trinajstić information content (AvgIpc) is 3.11. The molecule has 1 atom stereocenters. The van der Waals surface area contributed by atoms with E-state index in [9.17, 15) is 9.59 Å². The maximum absolute atomic E-state index is 11.7. The van der Waals surface area contributed by atoms with Gasteiger partial charge in [-0.25, -0.2) is 0 Å². The van der Waals surface area contributed by atoms with Crippen LogP contribution in [0, 0.1) is 0 Å². The third-order valence-corrected chi connectivity index (χ3v) is 5.09. The Kier molecular flexibility index (Phi) is 5.14. The van der Waals surface area contributed by atoms with Gasteiger partial charge < -0.3 is 20.4 Å². The Morgan fingerprint density at radius 3 is 2.38 bits per heavy atom. The number of nitrogens with zero attached hydrogens (tertiary/aromatic N) is 3. The maximum atomic E-state index is 11.7. The molecule has 2 saturated heterocycles. The average molecular weight is 351 g/mol. The summed E-state index contributed by atoms with van der Waals surface area (Å²) in [4.78, 5) is 29.6. The summed E-state index contributed by atoms with van der Waals surface area (Å²) in [5.41, 5.74) is 7.72. The van der Waals surface area contributed by atoms with E-state index in [-0.39, 0.29) is 23.7 Å². The Morgan fingerprint density at radius 2 is 1.75 bits per heavy atom. The van der Waals surface area contributed by atoms with Crippen molar-refractivity contribution in [3.63, 3.8) is 0 Å². The van der Waals surface area contributed by atoms with Crippen molar-refractivity contribution in [1.29, 1.82) is 0 Å². The number of piperazine rings is 1. The fraction of sp³-hybridized carbons (Fsp3) is 0.529. The second-order valence-corrected chi connectivity index (χ2v) is 6.51. The molecule has 0 bridgehead atoms. The van der Waals surface area contributed by atoms with Crippen molar-refractivity contribution in [2.45, 2.75) is 18.9 Å². The second-order valence-electron chi connectivity index (χ2n) is 6.24. The molecule has 6 nitrogen and oxygen atoms in total. The van der Waals surface area contributed by atoms with E-state index in [0.717, 1.165) is 43.9 Å². The van der Waals surface area contributed by atoms with Crippen molar-refractivity contribution >= 4 is 34.8 Å². The van der Waals surface area contributed by atoms with Crippen molar-refractivity contribution in [1.82, 2.24) is 4.90 Å². The van der Waals surface area contributed by atoms with Crippen LogP contribution in [0.4, 0.5) is 11.4 Å². The van der Waals surface area contributed by atoms with Gasteiger partial charge in [0.2, 0.25) is 11.8 Å². The van der Waals surface area contributed by atoms with Crippen molar-refractivity contribution < 1.29 is 9.59 Å². The van der Waals surface area contributed by atoms with Crippen LogP contribution in [0.25, 0.3) is 0 Å². The Hall–Kier alpha value is -1.95. The third-order valence-electron chi connectivity index (χ3n) is 4.86. The number of carbonyl (C=O) groups is 2. The Bertz CT molecular complexity index is 616. The van der Waals surface area contributed by atoms with Crippen molar-refractivity contribution in [3.05, 3.63) is 24.3 Å². The summed E-state index contributed by atoms with van der Waals surface area (Å²) < 4.78 is 0. The zero-order valence-electron chi connectivity index (χ0n) is 13.7. The number of halogens is 1. The van der Waals surface area contributed by atoms with E-state index in [4.69, 9.17) is 17.3 Å². The highest BCUT2D eigenvalue weighted by Gasteiger charge is 2.31. The number of para-hydroxylation sites is 2. The van der Waals surface area contributed by atoms with Gasteiger partial charge in [-0.05, 0) is 25.0 Å². The minimum Gasteiger partial charge on any atom is -0.368 e. The van der Waals surface area contributed by atoms with E-state index in [2.05, 4.69) is 15.9 Å². The molecule has 0 aromatic heterocycles. The van der Waals surface area contributed by atoms with Crippen LogP contribution in [0.1, 0.15) is 12.8 Å². The van der Waals surface area contributed by atoms with Crippen molar-refractivity contribution in [2.75, 3.05) is 48.4 Å². The normalized spacial score (nSPS) is 21.2. The number of amides is 2. The van der Waals surface area contributed by atoms with Crippen LogP contribution in [-0.4, -0.2) is 61.4 Å². The smallest absolute Gasteiger partial charge is 0.240 e. The number of benzene rings is 1. The summed E-state index contributed by atoms with van der Waals surface area (Å²) in [6.07, 6.45) is 1.78. The lowest BCUT2D eigenvalue weighted by molar-refractivity contribution is -0.128. The molecular weight excluding hydrogens is 328 g/mol. The molecule has 1 aromatic carbocycles. The minimum absolute atomic E-state index is 0.0158. The number of hydrogen-bond donors (Lipinski definition) is 1. The van der Waals surface area contributed by atoms with Gasteiger partial charge in [0.1, 0.15) is 11.9 Å². The monoisotopic (exact) mass is 350 g/mol. The molecule has 0 spiro atoms. The number of carbonyl (C=O) groups excluding carboxylic acids is 2. The van der Waals surface area contributed by atoms with Crippen LogP contribution in [-0.2, 0) is 9.59 Å². The summed E-state index contributed by atoms with van der Waals surface area (Å²) in [5.74, 6) is -0.247. The lowest BCUT2D eigenvalue weighted by atomic mass is 10.1. The summed E-state index contributed by atoms with van der Waals surface area (Å²) in [6.45, 7) is 3.69. The molecule has 2 amide bonds. The van der Waals surface area contributed by atoms with Gasteiger partial charge in [-0.2, -0.15) is 0 Å². The van der Waals surface area contributed by atoms with Gasteiger partial charge in [0.25, 0.3) is 0 Å². The van der Waals surface area contributed by atoms with Gasteiger partial charge in [-0.15, -0.1) is 11.6 Å². The zero-order valence-corrected chi connectivity index (χ0v) is 14.4. The zero-order chi connectivity index (χ0) is 17.1. The fourth-order valence-corrected chi connectivity index (χ4v) is 3.78. The number of hydrogen-bond acceptors (Lipinski definition) is 4. The predicted octanol–water partition coefficient (Wildman–Crippen LogP) is 1.03. The third kappa shape index (κ3) is 3.29. The van der Waals surface area contributed by atoms with Crippen LogP contribution in [0.5, 0.6) is 0 Å². The maximum Gasteiger partial charge on any atom is 0.240 e. The Morgan fingerprint density at radius 1 is 1.08 bits per heavy atom. The molecule has 3 rings (SSSR count). The number of rotatable bonds is 4. The summed E-state index contributed by atoms with van der Waals surface area (Å²) in [5, 5.41) is 0. The van der Waals surface area contributed by atoms with Crippen molar-refractivity contribution in [2.24, 2.45) is 5.73 Å². The molecule has 24 heavy (non-hydrogen) atoms. The van der Waals surface area contributed by atoms with Crippen LogP contribution in [0.15, 0.2) is 24.3 Å². The van der Waals surface area contributed by atoms with Crippen LogP contribution < -0.4 is 15.5 Å². The molecule has 1 unspecified atom stereocenters. The van der Waals surface area contributed by atoms with E-state index < -0.39 is 0 Å². The topological polar surface area (TPSA) is 69.9 Å². The van der Waals surface area contributed by atoms with Crippen LogP contribution in [0.2, 0.25) is 0 Å². The van der Waals surface area contributed by atoms with Crippen LogP contribution in [0.3, 0.4) is 0 Å². The molecule has 0 radical (unpaired) electrons. The molecule has 2 heterocycles. The standard InChI is InChI=1S/C17H23ClN4O2/c18-12-16(23)21-10-8-20(9-11-21)13-4-1-2-5-14(13)22-7-3-6-15(22)17(19)24/h1-2,4-5,15H,3,6-12H2,(H2,19,24). The lowest BCUT2D eigenvalue weighted by Gasteiger charge is -2.38. The quantitative estimate of drug-likeness (QED) is 0.823. The first-order valence-electron chi connectivity index (χ1n) is 8.35. The van der Waals surface area contributed by atoms with Gasteiger partial charge in [-0.1, -0.05) is 12.1 Å². The second kappa shape index (κ2) is 7.30. The number of alkyl halides is 1. The molecule has 2 fully saturated rings. The minimum atomic E-state index is -0.264. The van der Waals surface area contributed by atoms with Crippen molar-refractivity contribution in [3.8, 4) is 0 Å². The van der Waals surface area contributed by atoms with E-state index in [1.54, 1.807) is 4.90 Å². The highest BCUT2D eigenvalue weighted by Crippen LogP contribution is 2.34. The largest absolute Gasteiger partial charge is 0.368 e. The first-order chi connectivity index (χ1) is 11.6. The Labute approximate surface area is 147 Å². The van der Waals surface area contributed by atoms with E-state index in [1.165, 1.54) is 0 Å². The highest BCUT2D eigenvalue weighted by atomic mass is 35.5. The molecular formula is C17H23ClN4O2. The predicted molar refractivity (Wildman–Crippen MR) is 95.5 cm³/mol. The molecule has 0 aliphatic carbocycles. The summed E-state index contributed by atoms with van der Waals surface area (Å²) >= 11 is 5.64. The molecule has 2 aliphatic heterocycles. The van der Waals surface area contributed by atoms with Crippen LogP contribution >= 0.6 is 11.6 Å². The fourth-order valence-electron chi connectivity index (χ4n) is 3.61. The molecule has 2 aliphatic rings. The number of anilines is 2. The molecule has 1 aromatic rings. The first kappa shape index (κ1) is 16.9. The van der Waals surface area contributed by atoms with Gasteiger partial charge in [0.15, 0.2) is 0 Å². The molecule has 2 N–H and O–H groups in total. The highest BCUT2D eigenvalue weighted by molar-refractivity contribution is 6.27. The first-order valence-corrected chi connectivity index (χ1v) is 8.89. The van der Waals surface area contributed by atoms with Gasteiger partial charge in [0, 0.05) is 32.7 Å². The lowest BCUT2D eigenvalue weighted by Crippen LogP contribution is -2.49. The SMILES string of the molecule is NC(=O)C1CCCN1c1ccccc1N1CCN(C(=O)CCl)CC1. The molecule has 130 valence electrons. The molecule has 0 saturated carbocycles. The number of nitrogens with two attached hydrogens (primary N) is 1. The van der Waals surface area contributed by atoms with E-state index in [1.807, 2.05) is 18.2 Å². The van der Waals surface area contributed by atoms with Gasteiger partial charge in [-0.3, -0.25) is 9.59 Å². The van der Waals surface area contributed by atoms with E-state index in [0.29, 0.717) is 13.1 Å². The van der Waals surface area contributed by atoms with Gasteiger partial charge >= 0.3 is 0 Å². The van der Waals surface area contributed by atoms with Gasteiger partial charge in [0.05, 0.1) is 11.4 Å². The molecule has 7 heteroatoms. The number of primary amides is 1. The Balaban J connectivity index is 1.78. The summed E-state index contributed by atoms with van der Waals surface area (Å²) in [6, 6.07) is 7.88. The summed E-state index contributed by atoms with van der Waals surface area (Å²) in [7, 11) is 0. The van der Waals surface area contributed by atoms with E-state index >= 15 is 0 Å².